The van der Waals surface area contributed by atoms with E-state index < -0.39 is 0 Å². The molecule has 0 aromatic heterocycles. The zero-order valence-electron chi connectivity index (χ0n) is 12.3. The molecule has 1 aliphatic rings. The molecule has 3 atom stereocenters. The van der Waals surface area contributed by atoms with Gasteiger partial charge in [0.1, 0.15) is 0 Å². The average molecular weight is 239 g/mol. The van der Waals surface area contributed by atoms with E-state index in [1.54, 1.807) is 0 Å². The molecule has 0 heterocycles. The molecule has 0 aromatic rings. The first-order valence-corrected chi connectivity index (χ1v) is 8.03. The minimum Gasteiger partial charge on any atom is -0.314 e. The topological polar surface area (TPSA) is 12.0 Å². The zero-order valence-corrected chi connectivity index (χ0v) is 12.3. The lowest BCUT2D eigenvalue weighted by molar-refractivity contribution is 0.343. The van der Waals surface area contributed by atoms with Gasteiger partial charge in [0.2, 0.25) is 0 Å². The number of rotatable bonds is 9. The lowest BCUT2D eigenvalue weighted by Gasteiger charge is -2.21. The SMILES string of the molecule is CCCCCCCCNC1CCC(CC)C1C. The third kappa shape index (κ3) is 5.42. The summed E-state index contributed by atoms with van der Waals surface area (Å²) in [6.07, 6.45) is 12.7. The van der Waals surface area contributed by atoms with E-state index in [2.05, 4.69) is 26.1 Å². The minimum atomic E-state index is 0.815. The summed E-state index contributed by atoms with van der Waals surface area (Å²) >= 11 is 0. The van der Waals surface area contributed by atoms with Crippen molar-refractivity contribution in [2.45, 2.75) is 84.6 Å². The molecule has 0 spiro atoms. The van der Waals surface area contributed by atoms with Crippen LogP contribution in [0.1, 0.15) is 78.6 Å². The van der Waals surface area contributed by atoms with Crippen molar-refractivity contribution in [2.75, 3.05) is 6.54 Å². The maximum Gasteiger partial charge on any atom is 0.00954 e. The number of hydrogen-bond acceptors (Lipinski definition) is 1. The number of unbranched alkanes of at least 4 members (excludes halogenated alkanes) is 5. The summed E-state index contributed by atoms with van der Waals surface area (Å²) in [5, 5.41) is 3.79. The van der Waals surface area contributed by atoms with Gasteiger partial charge in [0, 0.05) is 6.04 Å². The van der Waals surface area contributed by atoms with Crippen LogP contribution in [0.15, 0.2) is 0 Å². The maximum absolute atomic E-state index is 3.79. The van der Waals surface area contributed by atoms with Crippen molar-refractivity contribution in [2.24, 2.45) is 11.8 Å². The maximum atomic E-state index is 3.79. The minimum absolute atomic E-state index is 0.815. The Hall–Kier alpha value is -0.0400. The van der Waals surface area contributed by atoms with Crippen LogP contribution in [0.5, 0.6) is 0 Å². The highest BCUT2D eigenvalue weighted by atomic mass is 14.9. The summed E-state index contributed by atoms with van der Waals surface area (Å²) < 4.78 is 0. The zero-order chi connectivity index (χ0) is 12.5. The fourth-order valence-electron chi connectivity index (χ4n) is 3.30. The fraction of sp³-hybridized carbons (Fsp3) is 1.00. The molecule has 102 valence electrons. The molecule has 1 fully saturated rings. The van der Waals surface area contributed by atoms with Gasteiger partial charge in [-0.15, -0.1) is 0 Å². The summed E-state index contributed by atoms with van der Waals surface area (Å²) in [6, 6.07) is 0.815. The molecule has 0 bridgehead atoms. The highest BCUT2D eigenvalue weighted by molar-refractivity contribution is 4.86. The second kappa shape index (κ2) is 8.97. The Kier molecular flexibility index (Phi) is 7.92. The predicted molar refractivity (Wildman–Crippen MR) is 77.3 cm³/mol. The van der Waals surface area contributed by atoms with E-state index in [-0.39, 0.29) is 0 Å². The molecule has 1 nitrogen and oxygen atoms in total. The van der Waals surface area contributed by atoms with Crippen LogP contribution in [0.2, 0.25) is 0 Å². The lowest BCUT2D eigenvalue weighted by atomic mass is 9.93. The van der Waals surface area contributed by atoms with E-state index >= 15 is 0 Å². The first-order valence-electron chi connectivity index (χ1n) is 8.03. The third-order valence-electron chi connectivity index (χ3n) is 4.69. The molecule has 0 radical (unpaired) electrons. The Labute approximate surface area is 109 Å². The first kappa shape index (κ1) is 15.0. The summed E-state index contributed by atoms with van der Waals surface area (Å²) in [5.74, 6) is 1.89. The van der Waals surface area contributed by atoms with Crippen molar-refractivity contribution >= 4 is 0 Å². The van der Waals surface area contributed by atoms with Crippen molar-refractivity contribution in [1.82, 2.24) is 5.32 Å². The van der Waals surface area contributed by atoms with Gasteiger partial charge in [-0.2, -0.15) is 0 Å². The highest BCUT2D eigenvalue weighted by Crippen LogP contribution is 2.33. The van der Waals surface area contributed by atoms with E-state index in [0.717, 1.165) is 17.9 Å². The summed E-state index contributed by atoms with van der Waals surface area (Å²) in [4.78, 5) is 0. The standard InChI is InChI=1S/C16H33N/c1-4-6-7-8-9-10-13-17-16-12-11-15(5-2)14(16)3/h14-17H,4-13H2,1-3H3. The van der Waals surface area contributed by atoms with Crippen molar-refractivity contribution in [3.05, 3.63) is 0 Å². The van der Waals surface area contributed by atoms with E-state index in [1.165, 1.54) is 64.3 Å². The van der Waals surface area contributed by atoms with E-state index in [9.17, 15) is 0 Å². The normalized spacial score (nSPS) is 28.8. The summed E-state index contributed by atoms with van der Waals surface area (Å²) in [7, 11) is 0. The average Bonchev–Trinajstić information content (AvgIpc) is 2.69. The van der Waals surface area contributed by atoms with Crippen LogP contribution in [0.4, 0.5) is 0 Å². The van der Waals surface area contributed by atoms with Gasteiger partial charge in [-0.3, -0.25) is 0 Å². The molecule has 3 unspecified atom stereocenters. The largest absolute Gasteiger partial charge is 0.314 e. The fourth-order valence-corrected chi connectivity index (χ4v) is 3.30. The second-order valence-corrected chi connectivity index (χ2v) is 5.93. The van der Waals surface area contributed by atoms with Crippen LogP contribution < -0.4 is 5.32 Å². The molecular weight excluding hydrogens is 206 g/mol. The smallest absolute Gasteiger partial charge is 0.00954 e. The van der Waals surface area contributed by atoms with Crippen molar-refractivity contribution < 1.29 is 0 Å². The van der Waals surface area contributed by atoms with Gasteiger partial charge in [0.05, 0.1) is 0 Å². The monoisotopic (exact) mass is 239 g/mol. The predicted octanol–water partition coefficient (Wildman–Crippen LogP) is 4.76. The van der Waals surface area contributed by atoms with E-state index in [4.69, 9.17) is 0 Å². The van der Waals surface area contributed by atoms with Crippen molar-refractivity contribution in [3.8, 4) is 0 Å². The van der Waals surface area contributed by atoms with Crippen molar-refractivity contribution in [3.63, 3.8) is 0 Å². The molecule has 1 N–H and O–H groups in total. The number of nitrogens with one attached hydrogen (secondary N) is 1. The molecular formula is C16H33N. The van der Waals surface area contributed by atoms with Gasteiger partial charge in [-0.1, -0.05) is 59.3 Å². The summed E-state index contributed by atoms with van der Waals surface area (Å²) in [5.41, 5.74) is 0. The van der Waals surface area contributed by atoms with Gasteiger partial charge in [-0.05, 0) is 37.6 Å². The molecule has 1 saturated carbocycles. The molecule has 1 rings (SSSR count). The quantitative estimate of drug-likeness (QED) is 0.572. The highest BCUT2D eigenvalue weighted by Gasteiger charge is 2.30. The van der Waals surface area contributed by atoms with E-state index in [0.29, 0.717) is 0 Å². The molecule has 17 heavy (non-hydrogen) atoms. The van der Waals surface area contributed by atoms with Crippen LogP contribution in [0.3, 0.4) is 0 Å². The third-order valence-corrected chi connectivity index (χ3v) is 4.69. The second-order valence-electron chi connectivity index (χ2n) is 5.93. The van der Waals surface area contributed by atoms with Crippen LogP contribution in [-0.2, 0) is 0 Å². The Morgan fingerprint density at radius 2 is 1.65 bits per heavy atom. The summed E-state index contributed by atoms with van der Waals surface area (Å²) in [6.45, 7) is 8.32. The van der Waals surface area contributed by atoms with Gasteiger partial charge in [0.25, 0.3) is 0 Å². The Balaban J connectivity index is 1.96. The lowest BCUT2D eigenvalue weighted by Crippen LogP contribution is -2.33. The van der Waals surface area contributed by atoms with Crippen LogP contribution in [0.25, 0.3) is 0 Å². The van der Waals surface area contributed by atoms with Crippen molar-refractivity contribution in [1.29, 1.82) is 0 Å². The van der Waals surface area contributed by atoms with Crippen LogP contribution >= 0.6 is 0 Å². The molecule has 1 aliphatic carbocycles. The van der Waals surface area contributed by atoms with Crippen LogP contribution in [-0.4, -0.2) is 12.6 Å². The Morgan fingerprint density at radius 1 is 0.941 bits per heavy atom. The van der Waals surface area contributed by atoms with Gasteiger partial charge in [0.15, 0.2) is 0 Å². The molecule has 0 aromatic carbocycles. The molecule has 1 heteroatoms. The Morgan fingerprint density at radius 3 is 2.29 bits per heavy atom. The van der Waals surface area contributed by atoms with E-state index in [1.807, 2.05) is 0 Å². The molecule has 0 amide bonds. The molecule has 0 aliphatic heterocycles. The van der Waals surface area contributed by atoms with Gasteiger partial charge >= 0.3 is 0 Å². The van der Waals surface area contributed by atoms with Gasteiger partial charge < -0.3 is 5.32 Å². The first-order chi connectivity index (χ1) is 8.29. The van der Waals surface area contributed by atoms with Crippen LogP contribution in [0, 0.1) is 11.8 Å². The number of hydrogen-bond donors (Lipinski definition) is 1. The Bertz CT molecular complexity index is 178. The van der Waals surface area contributed by atoms with Gasteiger partial charge in [-0.25, -0.2) is 0 Å². The molecule has 0 saturated heterocycles.